The van der Waals surface area contributed by atoms with Crippen LogP contribution in [0.15, 0.2) is 24.3 Å². The second-order valence-corrected chi connectivity index (χ2v) is 8.58. The minimum Gasteiger partial charge on any atom is -0.483 e. The molecule has 8 heteroatoms. The zero-order valence-electron chi connectivity index (χ0n) is 18.4. The molecule has 1 amide bonds. The first-order valence-electron chi connectivity index (χ1n) is 10.8. The molecule has 0 atom stereocenters. The van der Waals surface area contributed by atoms with E-state index < -0.39 is 0 Å². The molecule has 0 radical (unpaired) electrons. The number of anilines is 1. The van der Waals surface area contributed by atoms with Gasteiger partial charge in [0.2, 0.25) is 5.88 Å². The lowest BCUT2D eigenvalue weighted by atomic mass is 10.0. The van der Waals surface area contributed by atoms with Crippen molar-refractivity contribution in [1.29, 1.82) is 0 Å². The highest BCUT2D eigenvalue weighted by Crippen LogP contribution is 2.41. The van der Waals surface area contributed by atoms with Gasteiger partial charge < -0.3 is 24.4 Å². The van der Waals surface area contributed by atoms with Gasteiger partial charge in [0.25, 0.3) is 5.91 Å². The van der Waals surface area contributed by atoms with Crippen molar-refractivity contribution >= 4 is 11.7 Å². The maximum Gasteiger partial charge on any atom is 0.258 e. The number of nitrogens with zero attached hydrogens (tertiary/aromatic N) is 3. The van der Waals surface area contributed by atoms with E-state index in [1.54, 1.807) is 0 Å². The number of aromatic nitrogens is 2. The number of hydrogen-bond acceptors (Lipinski definition) is 7. The first kappa shape index (κ1) is 21.2. The predicted octanol–water partition coefficient (Wildman–Crippen LogP) is 2.67. The summed E-state index contributed by atoms with van der Waals surface area (Å²) in [5.41, 5.74) is 0.847. The Balaban J connectivity index is 1.22. The van der Waals surface area contributed by atoms with Gasteiger partial charge in [-0.3, -0.25) is 4.79 Å². The van der Waals surface area contributed by atoms with Crippen LogP contribution in [0.5, 0.6) is 17.4 Å². The van der Waals surface area contributed by atoms with Crippen molar-refractivity contribution in [1.82, 2.24) is 15.3 Å². The molecule has 31 heavy (non-hydrogen) atoms. The molecular formula is C23H30N4O4. The highest BCUT2D eigenvalue weighted by atomic mass is 16.5. The number of fused-ring (bicyclic) bond motifs is 1. The van der Waals surface area contributed by atoms with Crippen LogP contribution in [-0.4, -0.2) is 54.3 Å². The molecule has 1 N–H and O–H groups in total. The summed E-state index contributed by atoms with van der Waals surface area (Å²) in [5.74, 6) is 3.22. The number of amides is 1. The zero-order chi connectivity index (χ0) is 21.8. The lowest BCUT2D eigenvalue weighted by Crippen LogP contribution is -2.32. The Morgan fingerprint density at radius 2 is 2.03 bits per heavy atom. The van der Waals surface area contributed by atoms with Crippen molar-refractivity contribution in [2.45, 2.75) is 45.6 Å². The van der Waals surface area contributed by atoms with Gasteiger partial charge in [0, 0.05) is 31.1 Å². The van der Waals surface area contributed by atoms with Gasteiger partial charge in [0.05, 0.1) is 6.54 Å². The van der Waals surface area contributed by atoms with Crippen molar-refractivity contribution in [2.75, 3.05) is 37.7 Å². The standard InChI is InChI=1S/C23H30N4O4/c1-16-25-19(27-10-4-5-11-27)13-21(26-16)29-12-9-24-20(28)15-30-18-8-6-7-17-14-23(2,3)31-22(17)18/h6-8,13H,4-5,9-12,14-15H2,1-3H3,(H,24,28). The summed E-state index contributed by atoms with van der Waals surface area (Å²) in [6.07, 6.45) is 3.19. The molecule has 8 nitrogen and oxygen atoms in total. The maximum atomic E-state index is 12.2. The van der Waals surface area contributed by atoms with E-state index in [1.165, 1.54) is 12.8 Å². The fraction of sp³-hybridized carbons (Fsp3) is 0.522. The van der Waals surface area contributed by atoms with Crippen LogP contribution in [0.3, 0.4) is 0 Å². The summed E-state index contributed by atoms with van der Waals surface area (Å²) in [4.78, 5) is 23.2. The van der Waals surface area contributed by atoms with Gasteiger partial charge in [0.1, 0.15) is 23.9 Å². The Labute approximate surface area is 182 Å². The molecule has 2 aromatic rings. The fourth-order valence-electron chi connectivity index (χ4n) is 3.95. The molecule has 0 spiro atoms. The largest absolute Gasteiger partial charge is 0.483 e. The van der Waals surface area contributed by atoms with E-state index in [0.29, 0.717) is 30.6 Å². The van der Waals surface area contributed by atoms with Crippen LogP contribution < -0.4 is 24.4 Å². The van der Waals surface area contributed by atoms with Crippen LogP contribution in [0.1, 0.15) is 38.1 Å². The fourth-order valence-corrected chi connectivity index (χ4v) is 3.95. The van der Waals surface area contributed by atoms with Crippen molar-refractivity contribution < 1.29 is 19.0 Å². The maximum absolute atomic E-state index is 12.2. The number of para-hydroxylation sites is 1. The first-order valence-corrected chi connectivity index (χ1v) is 10.8. The molecule has 4 rings (SSSR count). The number of rotatable bonds is 8. The van der Waals surface area contributed by atoms with Crippen molar-refractivity contribution in [3.05, 3.63) is 35.7 Å². The number of hydrogen-bond donors (Lipinski definition) is 1. The van der Waals surface area contributed by atoms with Crippen LogP contribution in [0.4, 0.5) is 5.82 Å². The number of aryl methyl sites for hydroxylation is 1. The Morgan fingerprint density at radius 1 is 1.23 bits per heavy atom. The minimum absolute atomic E-state index is 0.0774. The Morgan fingerprint density at radius 3 is 2.84 bits per heavy atom. The molecule has 0 saturated carbocycles. The van der Waals surface area contributed by atoms with Crippen molar-refractivity contribution in [3.8, 4) is 17.4 Å². The molecule has 1 aromatic carbocycles. The molecule has 1 aromatic heterocycles. The summed E-state index contributed by atoms with van der Waals surface area (Å²) in [5, 5.41) is 2.81. The molecule has 0 unspecified atom stereocenters. The van der Waals surface area contributed by atoms with Crippen LogP contribution in [0, 0.1) is 6.92 Å². The molecule has 166 valence electrons. The minimum atomic E-state index is -0.255. The average molecular weight is 427 g/mol. The van der Waals surface area contributed by atoms with Gasteiger partial charge in [0.15, 0.2) is 18.1 Å². The number of benzene rings is 1. The lowest BCUT2D eigenvalue weighted by molar-refractivity contribution is -0.123. The molecule has 1 saturated heterocycles. The van der Waals surface area contributed by atoms with Gasteiger partial charge >= 0.3 is 0 Å². The van der Waals surface area contributed by atoms with E-state index in [9.17, 15) is 4.79 Å². The third-order valence-corrected chi connectivity index (χ3v) is 5.32. The predicted molar refractivity (Wildman–Crippen MR) is 117 cm³/mol. The number of nitrogens with one attached hydrogen (secondary N) is 1. The topological polar surface area (TPSA) is 85.8 Å². The van der Waals surface area contributed by atoms with Crippen molar-refractivity contribution in [2.24, 2.45) is 0 Å². The summed E-state index contributed by atoms with van der Waals surface area (Å²) in [7, 11) is 0. The van der Waals surface area contributed by atoms with E-state index in [0.717, 1.165) is 36.6 Å². The molecular weight excluding hydrogens is 396 g/mol. The third-order valence-electron chi connectivity index (χ3n) is 5.32. The second kappa shape index (κ2) is 8.99. The van der Waals surface area contributed by atoms with Gasteiger partial charge in [-0.25, -0.2) is 4.98 Å². The monoisotopic (exact) mass is 426 g/mol. The highest BCUT2D eigenvalue weighted by Gasteiger charge is 2.32. The van der Waals surface area contributed by atoms with E-state index in [-0.39, 0.29) is 18.1 Å². The number of ether oxygens (including phenoxy) is 3. The Bertz CT molecular complexity index is 941. The average Bonchev–Trinajstić information content (AvgIpc) is 3.36. The van der Waals surface area contributed by atoms with Gasteiger partial charge in [-0.05, 0) is 39.7 Å². The third kappa shape index (κ3) is 5.37. The number of carbonyl (C=O) groups is 1. The normalized spacial score (nSPS) is 16.5. The van der Waals surface area contributed by atoms with Gasteiger partial charge in [-0.2, -0.15) is 4.98 Å². The van der Waals surface area contributed by atoms with E-state index in [4.69, 9.17) is 14.2 Å². The summed E-state index contributed by atoms with van der Waals surface area (Å²) >= 11 is 0. The van der Waals surface area contributed by atoms with E-state index in [2.05, 4.69) is 20.2 Å². The Kier molecular flexibility index (Phi) is 6.15. The molecule has 1 fully saturated rings. The molecule has 3 heterocycles. The smallest absolute Gasteiger partial charge is 0.258 e. The van der Waals surface area contributed by atoms with Crippen LogP contribution >= 0.6 is 0 Å². The van der Waals surface area contributed by atoms with E-state index >= 15 is 0 Å². The van der Waals surface area contributed by atoms with Crippen LogP contribution in [0.2, 0.25) is 0 Å². The van der Waals surface area contributed by atoms with Crippen LogP contribution in [0.25, 0.3) is 0 Å². The number of carbonyl (C=O) groups excluding carboxylic acids is 1. The van der Waals surface area contributed by atoms with Gasteiger partial charge in [-0.15, -0.1) is 0 Å². The molecule has 0 aliphatic carbocycles. The lowest BCUT2D eigenvalue weighted by Gasteiger charge is -2.18. The summed E-state index contributed by atoms with van der Waals surface area (Å²) in [6.45, 7) is 8.56. The molecule has 2 aliphatic rings. The SMILES string of the molecule is Cc1nc(OCCNC(=O)COc2cccc3c2OC(C)(C)C3)cc(N2CCCC2)n1. The Hall–Kier alpha value is -3.03. The highest BCUT2D eigenvalue weighted by molar-refractivity contribution is 5.77. The van der Waals surface area contributed by atoms with Crippen LogP contribution in [-0.2, 0) is 11.2 Å². The molecule has 2 aliphatic heterocycles. The summed E-state index contributed by atoms with van der Waals surface area (Å²) < 4.78 is 17.4. The van der Waals surface area contributed by atoms with Crippen molar-refractivity contribution in [3.63, 3.8) is 0 Å². The molecule has 0 bridgehead atoms. The van der Waals surface area contributed by atoms with Gasteiger partial charge in [-0.1, -0.05) is 12.1 Å². The zero-order valence-corrected chi connectivity index (χ0v) is 18.4. The second-order valence-electron chi connectivity index (χ2n) is 8.58. The first-order chi connectivity index (χ1) is 14.9. The summed E-state index contributed by atoms with van der Waals surface area (Å²) in [6, 6.07) is 7.63. The quantitative estimate of drug-likeness (QED) is 0.650. The van der Waals surface area contributed by atoms with E-state index in [1.807, 2.05) is 45.0 Å².